The molecule has 1 aromatic heterocycles. The molecule has 0 bridgehead atoms. The number of benzene rings is 2. The van der Waals surface area contributed by atoms with Crippen LogP contribution in [0.15, 0.2) is 54.7 Å². The lowest BCUT2D eigenvalue weighted by atomic mass is 9.98. The van der Waals surface area contributed by atoms with E-state index in [1.807, 2.05) is 36.5 Å². The summed E-state index contributed by atoms with van der Waals surface area (Å²) in [6.45, 7) is 2.10. The number of fused-ring (bicyclic) bond motifs is 1. The zero-order valence-corrected chi connectivity index (χ0v) is 10.2. The smallest absolute Gasteiger partial charge is 0.0704 e. The van der Waals surface area contributed by atoms with Crippen LogP contribution in [0.4, 0.5) is 5.69 Å². The highest BCUT2D eigenvalue weighted by atomic mass is 14.7. The highest BCUT2D eigenvalue weighted by Gasteiger charge is 2.06. The number of nitrogens with zero attached hydrogens (tertiary/aromatic N) is 1. The molecule has 88 valence electrons. The van der Waals surface area contributed by atoms with E-state index in [-0.39, 0.29) is 0 Å². The summed E-state index contributed by atoms with van der Waals surface area (Å²) in [6, 6.07) is 16.2. The molecule has 18 heavy (non-hydrogen) atoms. The van der Waals surface area contributed by atoms with Crippen molar-refractivity contribution in [3.63, 3.8) is 0 Å². The Hall–Kier alpha value is -2.35. The Balaban J connectivity index is 2.31. The second kappa shape index (κ2) is 4.15. The maximum atomic E-state index is 6.03. The molecule has 0 spiro atoms. The fourth-order valence-electron chi connectivity index (χ4n) is 2.26. The van der Waals surface area contributed by atoms with Crippen LogP contribution in [-0.2, 0) is 0 Å². The number of nitrogens with two attached hydrogens (primary N) is 1. The first kappa shape index (κ1) is 10.8. The van der Waals surface area contributed by atoms with Crippen LogP contribution in [0.1, 0.15) is 5.56 Å². The first-order valence-corrected chi connectivity index (χ1v) is 5.96. The molecule has 0 unspecified atom stereocenters. The van der Waals surface area contributed by atoms with E-state index in [9.17, 15) is 0 Å². The second-order valence-electron chi connectivity index (χ2n) is 4.45. The molecule has 0 saturated carbocycles. The van der Waals surface area contributed by atoms with E-state index in [0.717, 1.165) is 22.3 Å². The van der Waals surface area contributed by atoms with E-state index < -0.39 is 0 Å². The van der Waals surface area contributed by atoms with Crippen LogP contribution in [0, 0.1) is 6.92 Å². The Kier molecular flexibility index (Phi) is 2.49. The van der Waals surface area contributed by atoms with Crippen LogP contribution in [0.5, 0.6) is 0 Å². The number of aryl methyl sites for hydroxylation is 1. The van der Waals surface area contributed by atoms with Gasteiger partial charge in [0.25, 0.3) is 0 Å². The van der Waals surface area contributed by atoms with Crippen LogP contribution in [0.25, 0.3) is 22.0 Å². The monoisotopic (exact) mass is 234 g/mol. The van der Waals surface area contributed by atoms with Crippen molar-refractivity contribution >= 4 is 16.5 Å². The van der Waals surface area contributed by atoms with Crippen LogP contribution in [-0.4, -0.2) is 4.98 Å². The van der Waals surface area contributed by atoms with Gasteiger partial charge >= 0.3 is 0 Å². The molecular formula is C16H14N2. The number of hydrogen-bond acceptors (Lipinski definition) is 2. The fourth-order valence-corrected chi connectivity index (χ4v) is 2.26. The van der Waals surface area contributed by atoms with Gasteiger partial charge in [0.1, 0.15) is 0 Å². The molecule has 0 aliphatic carbocycles. The van der Waals surface area contributed by atoms with Crippen LogP contribution >= 0.6 is 0 Å². The van der Waals surface area contributed by atoms with Crippen molar-refractivity contribution < 1.29 is 0 Å². The van der Waals surface area contributed by atoms with Gasteiger partial charge in [-0.1, -0.05) is 24.3 Å². The fraction of sp³-hybridized carbons (Fsp3) is 0.0625. The Morgan fingerprint density at radius 3 is 2.67 bits per heavy atom. The van der Waals surface area contributed by atoms with Crippen molar-refractivity contribution in [1.29, 1.82) is 0 Å². The quantitative estimate of drug-likeness (QED) is 0.650. The molecule has 0 aliphatic heterocycles. The number of rotatable bonds is 1. The number of aromatic nitrogens is 1. The highest BCUT2D eigenvalue weighted by molar-refractivity contribution is 5.96. The molecule has 3 aromatic rings. The Labute approximate surface area is 106 Å². The van der Waals surface area contributed by atoms with Gasteiger partial charge in [-0.15, -0.1) is 0 Å². The lowest BCUT2D eigenvalue weighted by molar-refractivity contribution is 1.31. The van der Waals surface area contributed by atoms with Crippen molar-refractivity contribution in [3.8, 4) is 11.3 Å². The lowest BCUT2D eigenvalue weighted by Gasteiger charge is -2.09. The molecule has 3 rings (SSSR count). The third-order valence-electron chi connectivity index (χ3n) is 3.20. The first-order valence-electron chi connectivity index (χ1n) is 5.96. The summed E-state index contributed by atoms with van der Waals surface area (Å²) >= 11 is 0. The average molecular weight is 234 g/mol. The summed E-state index contributed by atoms with van der Waals surface area (Å²) < 4.78 is 0. The largest absolute Gasteiger partial charge is 0.398 e. The molecule has 2 nitrogen and oxygen atoms in total. The Morgan fingerprint density at radius 2 is 1.89 bits per heavy atom. The van der Waals surface area contributed by atoms with Crippen molar-refractivity contribution in [2.24, 2.45) is 0 Å². The minimum absolute atomic E-state index is 0.810. The predicted molar refractivity (Wildman–Crippen MR) is 76.3 cm³/mol. The van der Waals surface area contributed by atoms with Crippen molar-refractivity contribution in [1.82, 2.24) is 4.98 Å². The minimum atomic E-state index is 0.810. The Morgan fingerprint density at radius 1 is 1.00 bits per heavy atom. The SMILES string of the molecule is Cc1cc2cccc(N)c2cc1-c1ccccn1. The summed E-state index contributed by atoms with van der Waals surface area (Å²) in [7, 11) is 0. The average Bonchev–Trinajstić information content (AvgIpc) is 2.39. The zero-order chi connectivity index (χ0) is 12.5. The second-order valence-corrected chi connectivity index (χ2v) is 4.45. The van der Waals surface area contributed by atoms with Crippen LogP contribution in [0.2, 0.25) is 0 Å². The van der Waals surface area contributed by atoms with Gasteiger partial charge in [0.2, 0.25) is 0 Å². The topological polar surface area (TPSA) is 38.9 Å². The normalized spacial score (nSPS) is 10.7. The van der Waals surface area contributed by atoms with Gasteiger partial charge in [-0.3, -0.25) is 4.98 Å². The molecule has 0 amide bonds. The third kappa shape index (κ3) is 1.72. The van der Waals surface area contributed by atoms with Crippen molar-refractivity contribution in [3.05, 3.63) is 60.3 Å². The van der Waals surface area contributed by atoms with Crippen LogP contribution < -0.4 is 5.73 Å². The van der Waals surface area contributed by atoms with Gasteiger partial charge < -0.3 is 5.73 Å². The summed E-state index contributed by atoms with van der Waals surface area (Å²) in [5.41, 5.74) is 10.2. The number of pyridine rings is 1. The van der Waals surface area contributed by atoms with Crippen molar-refractivity contribution in [2.75, 3.05) is 5.73 Å². The Bertz CT molecular complexity index is 703. The van der Waals surface area contributed by atoms with E-state index in [0.29, 0.717) is 0 Å². The van der Waals surface area contributed by atoms with Gasteiger partial charge in [0.15, 0.2) is 0 Å². The third-order valence-corrected chi connectivity index (χ3v) is 3.20. The highest BCUT2D eigenvalue weighted by Crippen LogP contribution is 2.29. The molecule has 2 aromatic carbocycles. The molecule has 0 fully saturated rings. The molecule has 0 radical (unpaired) electrons. The molecule has 0 atom stereocenters. The summed E-state index contributed by atoms with van der Waals surface area (Å²) in [4.78, 5) is 4.41. The van der Waals surface area contributed by atoms with Gasteiger partial charge in [0.05, 0.1) is 5.69 Å². The van der Waals surface area contributed by atoms with E-state index in [4.69, 9.17) is 5.73 Å². The standard InChI is InChI=1S/C16H14N2/c1-11-9-12-5-4-6-15(17)14(12)10-13(11)16-7-2-3-8-18-16/h2-10H,17H2,1H3. The molecule has 0 saturated heterocycles. The van der Waals surface area contributed by atoms with E-state index in [1.165, 1.54) is 10.9 Å². The molecular weight excluding hydrogens is 220 g/mol. The first-order chi connectivity index (χ1) is 8.75. The van der Waals surface area contributed by atoms with Gasteiger partial charge in [-0.05, 0) is 42.1 Å². The summed E-state index contributed by atoms with van der Waals surface area (Å²) in [5.74, 6) is 0. The molecule has 1 heterocycles. The predicted octanol–water partition coefficient (Wildman–Crippen LogP) is 3.79. The maximum absolute atomic E-state index is 6.03. The minimum Gasteiger partial charge on any atom is -0.398 e. The number of hydrogen-bond donors (Lipinski definition) is 1. The van der Waals surface area contributed by atoms with Gasteiger partial charge in [-0.2, -0.15) is 0 Å². The molecule has 2 heteroatoms. The van der Waals surface area contributed by atoms with Crippen LogP contribution in [0.3, 0.4) is 0 Å². The lowest BCUT2D eigenvalue weighted by Crippen LogP contribution is -1.91. The number of nitrogen functional groups attached to an aromatic ring is 1. The maximum Gasteiger partial charge on any atom is 0.0704 e. The molecule has 2 N–H and O–H groups in total. The van der Waals surface area contributed by atoms with E-state index in [1.54, 1.807) is 0 Å². The van der Waals surface area contributed by atoms with E-state index >= 15 is 0 Å². The zero-order valence-electron chi connectivity index (χ0n) is 10.2. The van der Waals surface area contributed by atoms with Gasteiger partial charge in [0, 0.05) is 22.8 Å². The van der Waals surface area contributed by atoms with Gasteiger partial charge in [-0.25, -0.2) is 0 Å². The summed E-state index contributed by atoms with van der Waals surface area (Å²) in [6.07, 6.45) is 1.81. The van der Waals surface area contributed by atoms with Crippen molar-refractivity contribution in [2.45, 2.75) is 6.92 Å². The molecule has 0 aliphatic rings. The summed E-state index contributed by atoms with van der Waals surface area (Å²) in [5, 5.41) is 2.26. The number of anilines is 1. The van der Waals surface area contributed by atoms with E-state index in [2.05, 4.69) is 30.1 Å².